The van der Waals surface area contributed by atoms with Crippen LogP contribution < -0.4 is 4.90 Å². The molecule has 0 amide bonds. The zero-order valence-corrected chi connectivity index (χ0v) is 18.7. The van der Waals surface area contributed by atoms with Gasteiger partial charge in [-0.05, 0) is 74.8 Å². The Balaban J connectivity index is 1.93. The molecular weight excluding hydrogens is 338 g/mol. The number of hydrogen-bond donors (Lipinski definition) is 1. The van der Waals surface area contributed by atoms with E-state index in [0.717, 1.165) is 6.54 Å². The maximum Gasteiger partial charge on any atom is 0.131 e. The van der Waals surface area contributed by atoms with Crippen LogP contribution in [0.4, 0.5) is 5.69 Å². The summed E-state index contributed by atoms with van der Waals surface area (Å²) in [5.74, 6) is 0. The molecule has 150 valence electrons. The molecule has 0 bridgehead atoms. The van der Waals surface area contributed by atoms with Crippen molar-refractivity contribution >= 4 is 5.69 Å². The summed E-state index contributed by atoms with van der Waals surface area (Å²) in [4.78, 5) is 1.40. The summed E-state index contributed by atoms with van der Waals surface area (Å²) < 4.78 is 0. The second-order valence-corrected chi connectivity index (χ2v) is 8.83. The fraction of sp³-hybridized carbons (Fsp3) is 0.407. The molecule has 1 aliphatic rings. The van der Waals surface area contributed by atoms with E-state index in [1.165, 1.54) is 46.6 Å². The zero-order valence-electron chi connectivity index (χ0n) is 18.7. The van der Waals surface area contributed by atoms with Crippen LogP contribution in [0.2, 0.25) is 0 Å². The molecule has 1 aromatic carbocycles. The topological polar surface area (TPSA) is 4.44 Å². The van der Waals surface area contributed by atoms with Gasteiger partial charge in [-0.15, -0.1) is 0 Å². The van der Waals surface area contributed by atoms with Gasteiger partial charge in [-0.1, -0.05) is 73.6 Å². The van der Waals surface area contributed by atoms with Gasteiger partial charge in [0.05, 0.1) is 7.05 Å². The standard InChI is InChI=1S/C27H37N/c1-22(17-18-26-24(3)14-11-20-27(26,4)5)12-10-13-23(2)19-21-28(6)25-15-8-7-9-16-25/h7-10,12-13,15-19H,11,14,20-21H2,1-6H3/p+1/b13-10+,18-17+,22-12+,23-19+. The zero-order chi connectivity index (χ0) is 20.6. The highest BCUT2D eigenvalue weighted by Crippen LogP contribution is 2.40. The normalized spacial score (nSPS) is 19.6. The van der Waals surface area contributed by atoms with E-state index in [2.05, 4.69) is 108 Å². The minimum Gasteiger partial charge on any atom is -0.302 e. The van der Waals surface area contributed by atoms with Gasteiger partial charge in [-0.25, -0.2) is 0 Å². The van der Waals surface area contributed by atoms with Crippen molar-refractivity contribution in [1.82, 2.24) is 0 Å². The highest BCUT2D eigenvalue weighted by Gasteiger charge is 2.26. The molecule has 1 heteroatoms. The van der Waals surface area contributed by atoms with Crippen LogP contribution in [0.5, 0.6) is 0 Å². The summed E-state index contributed by atoms with van der Waals surface area (Å²) in [7, 11) is 2.21. The lowest BCUT2D eigenvalue weighted by molar-refractivity contribution is -0.803. The first-order valence-electron chi connectivity index (χ1n) is 10.6. The van der Waals surface area contributed by atoms with E-state index in [0.29, 0.717) is 5.41 Å². The fourth-order valence-electron chi connectivity index (χ4n) is 3.86. The van der Waals surface area contributed by atoms with Gasteiger partial charge >= 0.3 is 0 Å². The molecule has 0 aliphatic heterocycles. The van der Waals surface area contributed by atoms with Crippen LogP contribution in [0.3, 0.4) is 0 Å². The Bertz CT molecular complexity index is 785. The van der Waals surface area contributed by atoms with E-state index in [-0.39, 0.29) is 0 Å². The highest BCUT2D eigenvalue weighted by atomic mass is 15.1. The smallest absolute Gasteiger partial charge is 0.131 e. The molecule has 0 radical (unpaired) electrons. The summed E-state index contributed by atoms with van der Waals surface area (Å²) in [5, 5.41) is 0. The van der Waals surface area contributed by atoms with E-state index in [9.17, 15) is 0 Å². The van der Waals surface area contributed by atoms with Crippen molar-refractivity contribution in [3.05, 3.63) is 89.1 Å². The van der Waals surface area contributed by atoms with Crippen LogP contribution in [0.25, 0.3) is 0 Å². The Morgan fingerprint density at radius 2 is 1.79 bits per heavy atom. The van der Waals surface area contributed by atoms with E-state index < -0.39 is 0 Å². The molecule has 1 N–H and O–H groups in total. The number of rotatable bonds is 7. The molecule has 0 spiro atoms. The van der Waals surface area contributed by atoms with Crippen molar-refractivity contribution in [2.45, 2.75) is 53.9 Å². The minimum atomic E-state index is 0.307. The number of para-hydroxylation sites is 1. The van der Waals surface area contributed by atoms with Crippen molar-refractivity contribution in [3.8, 4) is 0 Å². The van der Waals surface area contributed by atoms with Gasteiger partial charge in [0.15, 0.2) is 0 Å². The third kappa shape index (κ3) is 6.80. The summed E-state index contributed by atoms with van der Waals surface area (Å²) in [5.41, 5.74) is 7.30. The second-order valence-electron chi connectivity index (χ2n) is 8.83. The second kappa shape index (κ2) is 10.4. The average Bonchev–Trinajstić information content (AvgIpc) is 2.66. The summed E-state index contributed by atoms with van der Waals surface area (Å²) in [6.45, 7) is 12.4. The molecule has 2 rings (SSSR count). The number of likely N-dealkylation sites (N-methyl/N-ethyl adjacent to an activating group) is 1. The van der Waals surface area contributed by atoms with Gasteiger partial charge in [0.25, 0.3) is 0 Å². The molecule has 1 unspecified atom stereocenters. The van der Waals surface area contributed by atoms with Crippen molar-refractivity contribution in [2.24, 2.45) is 5.41 Å². The predicted octanol–water partition coefficient (Wildman–Crippen LogP) is 6.36. The first-order valence-corrected chi connectivity index (χ1v) is 10.6. The first-order chi connectivity index (χ1) is 13.3. The van der Waals surface area contributed by atoms with Crippen LogP contribution in [-0.2, 0) is 0 Å². The molecule has 0 fully saturated rings. The number of hydrogen-bond acceptors (Lipinski definition) is 0. The minimum absolute atomic E-state index is 0.307. The fourth-order valence-corrected chi connectivity index (χ4v) is 3.86. The van der Waals surface area contributed by atoms with E-state index >= 15 is 0 Å². The molecule has 28 heavy (non-hydrogen) atoms. The van der Waals surface area contributed by atoms with Crippen LogP contribution >= 0.6 is 0 Å². The molecule has 1 nitrogen and oxygen atoms in total. The van der Waals surface area contributed by atoms with Crippen LogP contribution in [-0.4, -0.2) is 13.6 Å². The lowest BCUT2D eigenvalue weighted by Crippen LogP contribution is -3.03. The van der Waals surface area contributed by atoms with Crippen molar-refractivity contribution in [3.63, 3.8) is 0 Å². The monoisotopic (exact) mass is 376 g/mol. The lowest BCUT2D eigenvalue weighted by atomic mass is 9.72. The molecule has 1 aliphatic carbocycles. The van der Waals surface area contributed by atoms with Gasteiger partial charge in [0.2, 0.25) is 0 Å². The molecule has 1 atom stereocenters. The Labute approximate surface area is 172 Å². The van der Waals surface area contributed by atoms with Gasteiger partial charge in [-0.2, -0.15) is 0 Å². The highest BCUT2D eigenvalue weighted by molar-refractivity contribution is 5.37. The van der Waals surface area contributed by atoms with Crippen molar-refractivity contribution in [2.75, 3.05) is 13.6 Å². The van der Waals surface area contributed by atoms with Gasteiger partial charge in [-0.3, -0.25) is 0 Å². The van der Waals surface area contributed by atoms with E-state index in [1.807, 2.05) is 0 Å². The van der Waals surface area contributed by atoms with Crippen LogP contribution in [0, 0.1) is 5.41 Å². The lowest BCUT2D eigenvalue weighted by Gasteiger charge is -2.32. The van der Waals surface area contributed by atoms with Crippen molar-refractivity contribution in [1.29, 1.82) is 0 Å². The summed E-state index contributed by atoms with van der Waals surface area (Å²) in [6.07, 6.45) is 17.3. The largest absolute Gasteiger partial charge is 0.302 e. The molecule has 0 aromatic heterocycles. The molecule has 0 saturated carbocycles. The Hall–Kier alpha value is -2.12. The summed E-state index contributed by atoms with van der Waals surface area (Å²) in [6, 6.07) is 10.6. The Morgan fingerprint density at radius 3 is 2.46 bits per heavy atom. The van der Waals surface area contributed by atoms with Crippen LogP contribution in [0.15, 0.2) is 89.1 Å². The SMILES string of the molecule is CC1=C(/C=C/C(C)=C/C=C/C(C)=C/C[NH+](C)c2ccccc2)C(C)(C)CCC1. The van der Waals surface area contributed by atoms with E-state index in [4.69, 9.17) is 0 Å². The first kappa shape index (κ1) is 22.2. The maximum atomic E-state index is 2.37. The predicted molar refractivity (Wildman–Crippen MR) is 124 cm³/mol. The maximum absolute atomic E-state index is 2.37. The van der Waals surface area contributed by atoms with Crippen molar-refractivity contribution < 1.29 is 4.90 Å². The molecule has 0 heterocycles. The van der Waals surface area contributed by atoms with E-state index in [1.54, 1.807) is 5.57 Å². The molecule has 0 saturated heterocycles. The third-order valence-electron chi connectivity index (χ3n) is 5.77. The number of nitrogens with one attached hydrogen (secondary N) is 1. The van der Waals surface area contributed by atoms with Gasteiger partial charge in [0.1, 0.15) is 12.2 Å². The molecular formula is C27H38N+. The number of allylic oxidation sites excluding steroid dienone is 9. The van der Waals surface area contributed by atoms with Gasteiger partial charge < -0.3 is 4.90 Å². The molecule has 1 aromatic rings. The summed E-state index contributed by atoms with van der Waals surface area (Å²) >= 11 is 0. The average molecular weight is 377 g/mol. The quantitative estimate of drug-likeness (QED) is 0.528. The number of benzene rings is 1. The van der Waals surface area contributed by atoms with Gasteiger partial charge in [0, 0.05) is 0 Å². The van der Waals surface area contributed by atoms with Crippen LogP contribution in [0.1, 0.15) is 53.9 Å². The number of quaternary nitrogens is 1. The third-order valence-corrected chi connectivity index (χ3v) is 5.77. The Morgan fingerprint density at radius 1 is 1.07 bits per heavy atom. The Kier molecular flexibility index (Phi) is 8.26.